The SMILES string of the molecule is CC(C)(C)[C@H]1CS1. The third kappa shape index (κ3) is 1.37. The van der Waals surface area contributed by atoms with Gasteiger partial charge in [-0.3, -0.25) is 0 Å². The van der Waals surface area contributed by atoms with E-state index in [1.807, 2.05) is 0 Å². The summed E-state index contributed by atoms with van der Waals surface area (Å²) in [6, 6.07) is 0. The minimum absolute atomic E-state index is 0.574. The molecule has 0 spiro atoms. The lowest BCUT2D eigenvalue weighted by Gasteiger charge is -2.13. The summed E-state index contributed by atoms with van der Waals surface area (Å²) in [6.07, 6.45) is 0. The molecule has 0 amide bonds. The minimum atomic E-state index is 0.574. The lowest BCUT2D eigenvalue weighted by atomic mass is 9.94. The fourth-order valence-electron chi connectivity index (χ4n) is 0.548. The van der Waals surface area contributed by atoms with E-state index in [-0.39, 0.29) is 0 Å². The first-order valence-electron chi connectivity index (χ1n) is 2.72. The number of rotatable bonds is 0. The maximum absolute atomic E-state index is 2.30. The highest BCUT2D eigenvalue weighted by Gasteiger charge is 2.34. The molecule has 0 saturated carbocycles. The normalized spacial score (nSPS) is 30.4. The molecule has 1 aliphatic heterocycles. The van der Waals surface area contributed by atoms with Crippen LogP contribution in [0.4, 0.5) is 0 Å². The topological polar surface area (TPSA) is 0 Å². The van der Waals surface area contributed by atoms with E-state index in [0.717, 1.165) is 5.25 Å². The molecular formula is C6H12S. The van der Waals surface area contributed by atoms with E-state index in [0.29, 0.717) is 5.41 Å². The molecule has 42 valence electrons. The fourth-order valence-corrected chi connectivity index (χ4v) is 1.64. The molecule has 0 radical (unpaired) electrons. The summed E-state index contributed by atoms with van der Waals surface area (Å²) >= 11 is 2.08. The zero-order chi connectivity index (χ0) is 5.49. The summed E-state index contributed by atoms with van der Waals surface area (Å²) in [5.74, 6) is 1.39. The van der Waals surface area contributed by atoms with Crippen molar-refractivity contribution in [3.05, 3.63) is 0 Å². The van der Waals surface area contributed by atoms with Gasteiger partial charge in [0.25, 0.3) is 0 Å². The van der Waals surface area contributed by atoms with Gasteiger partial charge in [0.15, 0.2) is 0 Å². The molecule has 0 aromatic heterocycles. The van der Waals surface area contributed by atoms with Gasteiger partial charge in [0.05, 0.1) is 0 Å². The first-order valence-corrected chi connectivity index (χ1v) is 3.77. The fraction of sp³-hybridized carbons (Fsp3) is 1.00. The van der Waals surface area contributed by atoms with E-state index in [4.69, 9.17) is 0 Å². The zero-order valence-corrected chi connectivity index (χ0v) is 6.01. The number of hydrogen-bond acceptors (Lipinski definition) is 1. The van der Waals surface area contributed by atoms with Crippen molar-refractivity contribution in [3.8, 4) is 0 Å². The van der Waals surface area contributed by atoms with Crippen LogP contribution < -0.4 is 0 Å². The molecule has 0 bridgehead atoms. The van der Waals surface area contributed by atoms with Crippen LogP contribution in [0.2, 0.25) is 0 Å². The van der Waals surface area contributed by atoms with Gasteiger partial charge < -0.3 is 0 Å². The molecule has 1 heterocycles. The molecule has 7 heavy (non-hydrogen) atoms. The molecule has 1 rings (SSSR count). The van der Waals surface area contributed by atoms with Crippen LogP contribution in [0.25, 0.3) is 0 Å². The van der Waals surface area contributed by atoms with Crippen LogP contribution in [0.3, 0.4) is 0 Å². The van der Waals surface area contributed by atoms with Crippen molar-refractivity contribution >= 4 is 11.8 Å². The largest absolute Gasteiger partial charge is 0.156 e. The molecule has 1 heteroatoms. The molecular weight excluding hydrogens is 104 g/mol. The molecule has 0 nitrogen and oxygen atoms in total. The molecule has 0 N–H and O–H groups in total. The van der Waals surface area contributed by atoms with Crippen LogP contribution in [0, 0.1) is 5.41 Å². The Kier molecular flexibility index (Phi) is 1.11. The zero-order valence-electron chi connectivity index (χ0n) is 5.19. The number of thioether (sulfide) groups is 1. The van der Waals surface area contributed by atoms with Gasteiger partial charge in [0.2, 0.25) is 0 Å². The quantitative estimate of drug-likeness (QED) is 0.437. The summed E-state index contributed by atoms with van der Waals surface area (Å²) in [4.78, 5) is 0. The van der Waals surface area contributed by atoms with E-state index < -0.39 is 0 Å². The lowest BCUT2D eigenvalue weighted by Crippen LogP contribution is -2.11. The first-order chi connectivity index (χ1) is 3.11. The second kappa shape index (κ2) is 1.41. The Morgan fingerprint density at radius 2 is 1.86 bits per heavy atom. The summed E-state index contributed by atoms with van der Waals surface area (Å²) in [6.45, 7) is 6.91. The molecule has 1 atom stereocenters. The molecule has 1 aliphatic rings. The summed E-state index contributed by atoms with van der Waals surface area (Å²) in [7, 11) is 0. The molecule has 0 aliphatic carbocycles. The second-order valence-electron chi connectivity index (χ2n) is 3.19. The average molecular weight is 116 g/mol. The van der Waals surface area contributed by atoms with Crippen molar-refractivity contribution in [2.45, 2.75) is 26.0 Å². The van der Waals surface area contributed by atoms with E-state index in [1.165, 1.54) is 5.75 Å². The van der Waals surface area contributed by atoms with Crippen LogP contribution in [0.5, 0.6) is 0 Å². The van der Waals surface area contributed by atoms with Gasteiger partial charge in [-0.25, -0.2) is 0 Å². The minimum Gasteiger partial charge on any atom is -0.156 e. The van der Waals surface area contributed by atoms with Gasteiger partial charge in [0.1, 0.15) is 0 Å². The van der Waals surface area contributed by atoms with E-state index >= 15 is 0 Å². The Labute approximate surface area is 49.7 Å². The van der Waals surface area contributed by atoms with Gasteiger partial charge >= 0.3 is 0 Å². The average Bonchev–Trinajstić information content (AvgIpc) is 1.99. The van der Waals surface area contributed by atoms with Gasteiger partial charge in [-0.05, 0) is 5.41 Å². The Morgan fingerprint density at radius 3 is 1.86 bits per heavy atom. The van der Waals surface area contributed by atoms with Crippen LogP contribution in [0.1, 0.15) is 20.8 Å². The first kappa shape index (κ1) is 5.49. The monoisotopic (exact) mass is 116 g/mol. The van der Waals surface area contributed by atoms with Crippen molar-refractivity contribution in [2.75, 3.05) is 5.75 Å². The third-order valence-corrected chi connectivity index (χ3v) is 2.67. The predicted octanol–water partition coefficient (Wildman–Crippen LogP) is 2.15. The van der Waals surface area contributed by atoms with Crippen LogP contribution >= 0.6 is 11.8 Å². The summed E-state index contributed by atoms with van der Waals surface area (Å²) in [5, 5.41) is 0.965. The van der Waals surface area contributed by atoms with Crippen LogP contribution in [-0.2, 0) is 0 Å². The predicted molar refractivity (Wildman–Crippen MR) is 35.7 cm³/mol. The van der Waals surface area contributed by atoms with E-state index in [1.54, 1.807) is 0 Å². The van der Waals surface area contributed by atoms with Crippen molar-refractivity contribution in [1.29, 1.82) is 0 Å². The Morgan fingerprint density at radius 1 is 1.43 bits per heavy atom. The Balaban J connectivity index is 2.36. The van der Waals surface area contributed by atoms with Gasteiger partial charge in [-0.2, -0.15) is 11.8 Å². The molecule has 1 saturated heterocycles. The smallest absolute Gasteiger partial charge is 0.0187 e. The van der Waals surface area contributed by atoms with Gasteiger partial charge in [-0.15, -0.1) is 0 Å². The van der Waals surface area contributed by atoms with E-state index in [2.05, 4.69) is 32.5 Å². The molecule has 0 unspecified atom stereocenters. The molecule has 0 aromatic rings. The van der Waals surface area contributed by atoms with Gasteiger partial charge in [-0.1, -0.05) is 20.8 Å². The van der Waals surface area contributed by atoms with Crippen LogP contribution in [0.15, 0.2) is 0 Å². The highest BCUT2D eigenvalue weighted by Crippen LogP contribution is 2.43. The maximum atomic E-state index is 2.30. The lowest BCUT2D eigenvalue weighted by molar-refractivity contribution is 0.435. The van der Waals surface area contributed by atoms with Crippen LogP contribution in [-0.4, -0.2) is 11.0 Å². The summed E-state index contributed by atoms with van der Waals surface area (Å²) in [5.41, 5.74) is 0.574. The maximum Gasteiger partial charge on any atom is 0.0187 e. The van der Waals surface area contributed by atoms with Crippen molar-refractivity contribution in [1.82, 2.24) is 0 Å². The van der Waals surface area contributed by atoms with Crippen molar-refractivity contribution in [3.63, 3.8) is 0 Å². The second-order valence-corrected chi connectivity index (χ2v) is 4.42. The Hall–Kier alpha value is 0.350. The number of hydrogen-bond donors (Lipinski definition) is 0. The summed E-state index contributed by atoms with van der Waals surface area (Å²) < 4.78 is 0. The highest BCUT2D eigenvalue weighted by atomic mass is 32.2. The highest BCUT2D eigenvalue weighted by molar-refractivity contribution is 8.06. The third-order valence-electron chi connectivity index (χ3n) is 1.30. The van der Waals surface area contributed by atoms with Gasteiger partial charge in [0, 0.05) is 11.0 Å². The van der Waals surface area contributed by atoms with Crippen molar-refractivity contribution < 1.29 is 0 Å². The van der Waals surface area contributed by atoms with Crippen molar-refractivity contribution in [2.24, 2.45) is 5.41 Å². The van der Waals surface area contributed by atoms with E-state index in [9.17, 15) is 0 Å². The molecule has 1 fully saturated rings. The Bertz CT molecular complexity index is 66.7. The molecule has 0 aromatic carbocycles. The standard InChI is InChI=1S/C6H12S/c1-6(2,3)5-4-7-5/h5H,4H2,1-3H3/t5-/m1/s1.